The van der Waals surface area contributed by atoms with Crippen LogP contribution in [0.5, 0.6) is 11.5 Å². The van der Waals surface area contributed by atoms with E-state index < -0.39 is 0 Å². The molecular weight excluding hydrogens is 166 g/mol. The van der Waals surface area contributed by atoms with Crippen molar-refractivity contribution in [1.82, 2.24) is 5.32 Å². The number of benzene rings is 1. The van der Waals surface area contributed by atoms with E-state index in [1.54, 1.807) is 0 Å². The predicted octanol–water partition coefficient (Wildman–Crippen LogP) is 1.05. The van der Waals surface area contributed by atoms with Gasteiger partial charge in [0.2, 0.25) is 0 Å². The lowest BCUT2D eigenvalue weighted by molar-refractivity contribution is 0.0919. The summed E-state index contributed by atoms with van der Waals surface area (Å²) in [6, 6.07) is 7.74. The van der Waals surface area contributed by atoms with Gasteiger partial charge in [0.05, 0.1) is 0 Å². The van der Waals surface area contributed by atoms with E-state index in [-0.39, 0.29) is 6.10 Å². The Labute approximate surface area is 77.7 Å². The smallest absolute Gasteiger partial charge is 0.161 e. The van der Waals surface area contributed by atoms with Gasteiger partial charge in [0.25, 0.3) is 0 Å². The molecule has 0 fully saturated rings. The molecule has 3 nitrogen and oxygen atoms in total. The van der Waals surface area contributed by atoms with Gasteiger partial charge in [-0.25, -0.2) is 0 Å². The molecule has 1 N–H and O–H groups in total. The summed E-state index contributed by atoms with van der Waals surface area (Å²) < 4.78 is 11.2. The summed E-state index contributed by atoms with van der Waals surface area (Å²) in [7, 11) is 1.91. The Bertz CT molecular complexity index is 288. The second-order valence-corrected chi connectivity index (χ2v) is 3.06. The molecule has 1 unspecified atom stereocenters. The van der Waals surface area contributed by atoms with Crippen molar-refractivity contribution in [1.29, 1.82) is 0 Å². The van der Waals surface area contributed by atoms with E-state index in [1.165, 1.54) is 0 Å². The van der Waals surface area contributed by atoms with Gasteiger partial charge in [-0.05, 0) is 19.2 Å². The van der Waals surface area contributed by atoms with Crippen LogP contribution in [0, 0.1) is 0 Å². The Balaban J connectivity index is 2.11. The molecule has 1 aliphatic rings. The summed E-state index contributed by atoms with van der Waals surface area (Å²) in [4.78, 5) is 0. The Morgan fingerprint density at radius 1 is 1.38 bits per heavy atom. The van der Waals surface area contributed by atoms with Gasteiger partial charge in [0.15, 0.2) is 11.5 Å². The zero-order valence-corrected chi connectivity index (χ0v) is 7.62. The lowest BCUT2D eigenvalue weighted by atomic mass is 10.2. The summed E-state index contributed by atoms with van der Waals surface area (Å²) in [6.45, 7) is 1.44. The van der Waals surface area contributed by atoms with Crippen LogP contribution in [-0.4, -0.2) is 26.3 Å². The van der Waals surface area contributed by atoms with Gasteiger partial charge < -0.3 is 14.8 Å². The van der Waals surface area contributed by atoms with Crippen molar-refractivity contribution in [3.8, 4) is 11.5 Å². The van der Waals surface area contributed by atoms with Crippen LogP contribution in [-0.2, 0) is 0 Å². The van der Waals surface area contributed by atoms with E-state index in [0.29, 0.717) is 6.61 Å². The Morgan fingerprint density at radius 2 is 2.15 bits per heavy atom. The Kier molecular flexibility index (Phi) is 2.36. The molecule has 3 heteroatoms. The molecule has 1 heterocycles. The molecule has 2 rings (SSSR count). The van der Waals surface area contributed by atoms with Crippen molar-refractivity contribution in [3.05, 3.63) is 24.3 Å². The minimum Gasteiger partial charge on any atom is -0.486 e. The minimum absolute atomic E-state index is 0.125. The first-order valence-corrected chi connectivity index (χ1v) is 4.43. The monoisotopic (exact) mass is 179 g/mol. The molecule has 0 saturated carbocycles. The quantitative estimate of drug-likeness (QED) is 0.736. The molecular formula is C10H13NO2. The number of hydrogen-bond donors (Lipinski definition) is 1. The fourth-order valence-electron chi connectivity index (χ4n) is 1.39. The highest BCUT2D eigenvalue weighted by Crippen LogP contribution is 2.30. The number of ether oxygens (including phenoxy) is 2. The van der Waals surface area contributed by atoms with E-state index in [1.807, 2.05) is 31.3 Å². The van der Waals surface area contributed by atoms with Gasteiger partial charge in [-0.1, -0.05) is 12.1 Å². The molecule has 0 amide bonds. The molecule has 1 aliphatic heterocycles. The maximum atomic E-state index is 5.68. The molecule has 0 radical (unpaired) electrons. The van der Waals surface area contributed by atoms with Gasteiger partial charge in [0, 0.05) is 6.54 Å². The standard InChI is InChI=1S/C10H13NO2/c1-11-6-8-7-12-9-4-2-3-5-10(9)13-8/h2-5,8,11H,6-7H2,1H3. The highest BCUT2D eigenvalue weighted by Gasteiger charge is 2.19. The number of likely N-dealkylation sites (N-methyl/N-ethyl adjacent to an activating group) is 1. The highest BCUT2D eigenvalue weighted by atomic mass is 16.6. The molecule has 1 aromatic carbocycles. The van der Waals surface area contributed by atoms with Crippen LogP contribution >= 0.6 is 0 Å². The molecule has 0 saturated heterocycles. The van der Waals surface area contributed by atoms with E-state index in [2.05, 4.69) is 5.32 Å². The lowest BCUT2D eigenvalue weighted by Crippen LogP contribution is -2.37. The summed E-state index contributed by atoms with van der Waals surface area (Å²) in [6.07, 6.45) is 0.125. The molecule has 13 heavy (non-hydrogen) atoms. The van der Waals surface area contributed by atoms with Gasteiger partial charge in [-0.2, -0.15) is 0 Å². The average Bonchev–Trinajstić information content (AvgIpc) is 2.18. The fraction of sp³-hybridized carbons (Fsp3) is 0.400. The number of nitrogens with one attached hydrogen (secondary N) is 1. The van der Waals surface area contributed by atoms with Crippen molar-refractivity contribution in [2.24, 2.45) is 0 Å². The minimum atomic E-state index is 0.125. The van der Waals surface area contributed by atoms with Crippen LogP contribution in [0.1, 0.15) is 0 Å². The number of rotatable bonds is 2. The van der Waals surface area contributed by atoms with Crippen LogP contribution in [0.15, 0.2) is 24.3 Å². The Hall–Kier alpha value is -1.22. The average molecular weight is 179 g/mol. The lowest BCUT2D eigenvalue weighted by Gasteiger charge is -2.26. The normalized spacial score (nSPS) is 19.9. The molecule has 0 aliphatic carbocycles. The third kappa shape index (κ3) is 1.75. The van der Waals surface area contributed by atoms with Crippen molar-refractivity contribution in [2.75, 3.05) is 20.2 Å². The maximum absolute atomic E-state index is 5.68. The Morgan fingerprint density at radius 3 is 2.92 bits per heavy atom. The van der Waals surface area contributed by atoms with E-state index in [0.717, 1.165) is 18.0 Å². The second-order valence-electron chi connectivity index (χ2n) is 3.06. The first-order chi connectivity index (χ1) is 6.40. The first kappa shape index (κ1) is 8.38. The summed E-state index contributed by atoms with van der Waals surface area (Å²) in [5.74, 6) is 1.68. The van der Waals surface area contributed by atoms with Crippen LogP contribution in [0.25, 0.3) is 0 Å². The number of para-hydroxylation sites is 2. The highest BCUT2D eigenvalue weighted by molar-refractivity contribution is 5.40. The molecule has 1 atom stereocenters. The van der Waals surface area contributed by atoms with Crippen LogP contribution in [0.3, 0.4) is 0 Å². The molecule has 1 aromatic rings. The van der Waals surface area contributed by atoms with Crippen molar-refractivity contribution >= 4 is 0 Å². The zero-order valence-electron chi connectivity index (χ0n) is 7.62. The summed E-state index contributed by atoms with van der Waals surface area (Å²) in [5.41, 5.74) is 0. The molecule has 0 aromatic heterocycles. The van der Waals surface area contributed by atoms with Gasteiger partial charge in [0.1, 0.15) is 12.7 Å². The number of hydrogen-bond acceptors (Lipinski definition) is 3. The van der Waals surface area contributed by atoms with Crippen molar-refractivity contribution in [3.63, 3.8) is 0 Å². The second kappa shape index (κ2) is 3.66. The van der Waals surface area contributed by atoms with Crippen LogP contribution < -0.4 is 14.8 Å². The van der Waals surface area contributed by atoms with E-state index in [9.17, 15) is 0 Å². The maximum Gasteiger partial charge on any atom is 0.161 e. The van der Waals surface area contributed by atoms with Gasteiger partial charge in [-0.15, -0.1) is 0 Å². The van der Waals surface area contributed by atoms with Gasteiger partial charge >= 0.3 is 0 Å². The number of fused-ring (bicyclic) bond motifs is 1. The topological polar surface area (TPSA) is 30.5 Å². The van der Waals surface area contributed by atoms with Crippen LogP contribution in [0.4, 0.5) is 0 Å². The third-order valence-electron chi connectivity index (χ3n) is 2.00. The summed E-state index contributed by atoms with van der Waals surface area (Å²) >= 11 is 0. The van der Waals surface area contributed by atoms with Gasteiger partial charge in [-0.3, -0.25) is 0 Å². The van der Waals surface area contributed by atoms with Crippen molar-refractivity contribution in [2.45, 2.75) is 6.10 Å². The third-order valence-corrected chi connectivity index (χ3v) is 2.00. The van der Waals surface area contributed by atoms with E-state index >= 15 is 0 Å². The van der Waals surface area contributed by atoms with Crippen LogP contribution in [0.2, 0.25) is 0 Å². The molecule has 0 spiro atoms. The first-order valence-electron chi connectivity index (χ1n) is 4.43. The van der Waals surface area contributed by atoms with E-state index in [4.69, 9.17) is 9.47 Å². The fourth-order valence-corrected chi connectivity index (χ4v) is 1.39. The molecule has 0 bridgehead atoms. The van der Waals surface area contributed by atoms with Crippen molar-refractivity contribution < 1.29 is 9.47 Å². The summed E-state index contributed by atoms with van der Waals surface area (Å²) in [5, 5.41) is 3.06. The SMILES string of the molecule is CNCC1COc2ccccc2O1. The molecule has 70 valence electrons. The largest absolute Gasteiger partial charge is 0.486 e. The zero-order chi connectivity index (χ0) is 9.10. The predicted molar refractivity (Wildman–Crippen MR) is 50.3 cm³/mol.